The van der Waals surface area contributed by atoms with E-state index in [-0.39, 0.29) is 11.6 Å². The van der Waals surface area contributed by atoms with E-state index in [4.69, 9.17) is 35.4 Å². The summed E-state index contributed by atoms with van der Waals surface area (Å²) in [6.07, 6.45) is 1.77. The summed E-state index contributed by atoms with van der Waals surface area (Å²) in [6, 6.07) is 11.5. The van der Waals surface area contributed by atoms with E-state index in [0.29, 0.717) is 15.3 Å². The maximum Gasteiger partial charge on any atom is 0.167 e. The van der Waals surface area contributed by atoms with Gasteiger partial charge in [0.1, 0.15) is 5.15 Å². The number of rotatable bonds is 2. The van der Waals surface area contributed by atoms with Crippen molar-refractivity contribution in [2.45, 2.75) is 18.5 Å². The van der Waals surface area contributed by atoms with Crippen LogP contribution in [0.2, 0.25) is 10.2 Å². The summed E-state index contributed by atoms with van der Waals surface area (Å²) in [5.74, 6) is 0. The quantitative estimate of drug-likeness (QED) is 0.645. The van der Waals surface area contributed by atoms with Crippen LogP contribution < -0.4 is 10.6 Å². The zero-order valence-corrected chi connectivity index (χ0v) is 13.6. The van der Waals surface area contributed by atoms with Gasteiger partial charge in [0.25, 0.3) is 0 Å². The van der Waals surface area contributed by atoms with Crippen molar-refractivity contribution in [1.82, 2.24) is 15.6 Å². The predicted molar refractivity (Wildman–Crippen MR) is 89.7 cm³/mol. The SMILES string of the molecule is C[C@@]1(c2ccc(Cl)cc2)NC(=S)N[C@@H]1c1ccc(Cl)nc1. The van der Waals surface area contributed by atoms with E-state index in [9.17, 15) is 0 Å². The Labute approximate surface area is 138 Å². The Kier molecular flexibility index (Phi) is 3.78. The molecule has 0 unspecified atom stereocenters. The number of nitrogens with one attached hydrogen (secondary N) is 2. The van der Waals surface area contributed by atoms with E-state index in [1.54, 1.807) is 12.3 Å². The van der Waals surface area contributed by atoms with Gasteiger partial charge in [-0.05, 0) is 48.5 Å². The van der Waals surface area contributed by atoms with Crippen LogP contribution in [0.4, 0.5) is 0 Å². The Balaban J connectivity index is 2.04. The molecular weight excluding hydrogens is 325 g/mol. The van der Waals surface area contributed by atoms with Gasteiger partial charge in [0.05, 0.1) is 11.6 Å². The lowest BCUT2D eigenvalue weighted by Gasteiger charge is -2.31. The summed E-state index contributed by atoms with van der Waals surface area (Å²) < 4.78 is 0. The zero-order valence-electron chi connectivity index (χ0n) is 11.2. The van der Waals surface area contributed by atoms with Gasteiger partial charge < -0.3 is 10.6 Å². The van der Waals surface area contributed by atoms with Crippen molar-refractivity contribution in [3.05, 3.63) is 63.9 Å². The van der Waals surface area contributed by atoms with Crippen molar-refractivity contribution in [2.24, 2.45) is 0 Å². The highest BCUT2D eigenvalue weighted by Gasteiger charge is 2.43. The molecule has 1 aromatic heterocycles. The van der Waals surface area contributed by atoms with Gasteiger partial charge in [0, 0.05) is 11.2 Å². The molecule has 2 atom stereocenters. The molecule has 0 aliphatic carbocycles. The smallest absolute Gasteiger partial charge is 0.167 e. The Morgan fingerprint density at radius 2 is 1.86 bits per heavy atom. The van der Waals surface area contributed by atoms with Crippen molar-refractivity contribution in [3.63, 3.8) is 0 Å². The van der Waals surface area contributed by atoms with Crippen molar-refractivity contribution in [2.75, 3.05) is 0 Å². The molecular formula is C15H13Cl2N3S. The minimum atomic E-state index is -0.378. The first-order chi connectivity index (χ1) is 9.99. The molecule has 2 heterocycles. The van der Waals surface area contributed by atoms with E-state index in [1.807, 2.05) is 30.3 Å². The van der Waals surface area contributed by atoms with Crippen molar-refractivity contribution < 1.29 is 0 Å². The highest BCUT2D eigenvalue weighted by Crippen LogP contribution is 2.38. The molecule has 0 saturated carbocycles. The zero-order chi connectivity index (χ0) is 15.0. The summed E-state index contributed by atoms with van der Waals surface area (Å²) in [7, 11) is 0. The summed E-state index contributed by atoms with van der Waals surface area (Å²) in [5, 5.41) is 8.44. The van der Waals surface area contributed by atoms with Crippen LogP contribution in [0.25, 0.3) is 0 Å². The average Bonchev–Trinajstić information content (AvgIpc) is 2.76. The van der Waals surface area contributed by atoms with Gasteiger partial charge in [-0.3, -0.25) is 0 Å². The molecule has 1 aliphatic rings. The molecule has 1 fully saturated rings. The molecule has 0 bridgehead atoms. The first-order valence-corrected chi connectivity index (χ1v) is 7.61. The fraction of sp³-hybridized carbons (Fsp3) is 0.200. The second-order valence-electron chi connectivity index (χ2n) is 5.15. The van der Waals surface area contributed by atoms with Crippen LogP contribution in [0.5, 0.6) is 0 Å². The number of pyridine rings is 1. The molecule has 108 valence electrons. The predicted octanol–water partition coefficient (Wildman–Crippen LogP) is 3.82. The fourth-order valence-electron chi connectivity index (χ4n) is 2.63. The van der Waals surface area contributed by atoms with Gasteiger partial charge in [-0.25, -0.2) is 4.98 Å². The number of aromatic nitrogens is 1. The molecule has 2 aromatic rings. The van der Waals surface area contributed by atoms with Gasteiger partial charge in [-0.1, -0.05) is 41.4 Å². The Hall–Kier alpha value is -1.36. The first-order valence-electron chi connectivity index (χ1n) is 6.45. The van der Waals surface area contributed by atoms with Crippen molar-refractivity contribution in [3.8, 4) is 0 Å². The summed E-state index contributed by atoms with van der Waals surface area (Å²) in [5.41, 5.74) is 1.74. The van der Waals surface area contributed by atoms with E-state index in [0.717, 1.165) is 11.1 Å². The molecule has 0 radical (unpaired) electrons. The van der Waals surface area contributed by atoms with E-state index in [2.05, 4.69) is 22.5 Å². The van der Waals surface area contributed by atoms with Gasteiger partial charge >= 0.3 is 0 Å². The third-order valence-electron chi connectivity index (χ3n) is 3.75. The van der Waals surface area contributed by atoms with Crippen LogP contribution in [-0.4, -0.2) is 10.1 Å². The van der Waals surface area contributed by atoms with Gasteiger partial charge in [-0.15, -0.1) is 0 Å². The van der Waals surface area contributed by atoms with Crippen LogP contribution >= 0.6 is 35.4 Å². The molecule has 3 rings (SSSR count). The number of hydrogen-bond donors (Lipinski definition) is 2. The fourth-order valence-corrected chi connectivity index (χ4v) is 3.20. The third-order valence-corrected chi connectivity index (χ3v) is 4.45. The number of halogens is 2. The van der Waals surface area contributed by atoms with Crippen LogP contribution in [0.15, 0.2) is 42.6 Å². The maximum atomic E-state index is 5.98. The first kappa shape index (κ1) is 14.6. The summed E-state index contributed by atoms with van der Waals surface area (Å²) >= 11 is 17.1. The molecule has 1 aliphatic heterocycles. The van der Waals surface area contributed by atoms with Crippen LogP contribution in [0.1, 0.15) is 24.1 Å². The molecule has 2 N–H and O–H groups in total. The maximum absolute atomic E-state index is 5.98. The van der Waals surface area contributed by atoms with Crippen LogP contribution in [-0.2, 0) is 5.54 Å². The summed E-state index contributed by atoms with van der Waals surface area (Å²) in [4.78, 5) is 4.16. The summed E-state index contributed by atoms with van der Waals surface area (Å²) in [6.45, 7) is 2.10. The highest BCUT2D eigenvalue weighted by atomic mass is 35.5. The molecule has 1 saturated heterocycles. The minimum absolute atomic E-state index is 0.0315. The average molecular weight is 338 g/mol. The monoisotopic (exact) mass is 337 g/mol. The Morgan fingerprint density at radius 3 is 2.48 bits per heavy atom. The van der Waals surface area contributed by atoms with E-state index < -0.39 is 0 Å². The second-order valence-corrected chi connectivity index (χ2v) is 6.39. The topological polar surface area (TPSA) is 37.0 Å². The number of benzene rings is 1. The Morgan fingerprint density at radius 1 is 1.14 bits per heavy atom. The largest absolute Gasteiger partial charge is 0.353 e. The molecule has 21 heavy (non-hydrogen) atoms. The van der Waals surface area contributed by atoms with E-state index >= 15 is 0 Å². The van der Waals surface area contributed by atoms with Crippen LogP contribution in [0.3, 0.4) is 0 Å². The Bertz CT molecular complexity index is 672. The highest BCUT2D eigenvalue weighted by molar-refractivity contribution is 7.80. The number of thiocarbonyl (C=S) groups is 1. The molecule has 0 amide bonds. The van der Waals surface area contributed by atoms with Crippen LogP contribution in [0, 0.1) is 0 Å². The molecule has 6 heteroatoms. The molecule has 1 aromatic carbocycles. The number of nitrogens with zero attached hydrogens (tertiary/aromatic N) is 1. The minimum Gasteiger partial charge on any atom is -0.353 e. The van der Waals surface area contributed by atoms with Crippen molar-refractivity contribution >= 4 is 40.5 Å². The van der Waals surface area contributed by atoms with E-state index in [1.165, 1.54) is 0 Å². The molecule has 0 spiro atoms. The third kappa shape index (κ3) is 2.71. The standard InChI is InChI=1S/C15H13Cl2N3S/c1-15(10-3-5-11(16)6-4-10)13(19-14(21)20-15)9-2-7-12(17)18-8-9/h2-8,13H,1H3,(H2,19,20,21)/t13-,15+/m1/s1. The van der Waals surface area contributed by atoms with Gasteiger partial charge in [-0.2, -0.15) is 0 Å². The number of hydrogen-bond acceptors (Lipinski definition) is 2. The van der Waals surface area contributed by atoms with Crippen molar-refractivity contribution in [1.29, 1.82) is 0 Å². The lowest BCUT2D eigenvalue weighted by atomic mass is 9.83. The van der Waals surface area contributed by atoms with Gasteiger partial charge in [0.15, 0.2) is 5.11 Å². The second kappa shape index (κ2) is 5.44. The lowest BCUT2D eigenvalue weighted by Crippen LogP contribution is -2.39. The lowest BCUT2D eigenvalue weighted by molar-refractivity contribution is 0.378. The van der Waals surface area contributed by atoms with Gasteiger partial charge in [0.2, 0.25) is 0 Å². The molecule has 3 nitrogen and oxygen atoms in total. The normalized spacial score (nSPS) is 24.5.